The van der Waals surface area contributed by atoms with Gasteiger partial charge in [-0.25, -0.2) is 4.98 Å². The molecule has 1 fully saturated rings. The minimum Gasteiger partial charge on any atom is -0.378 e. The molecule has 112 valence electrons. The molecule has 0 atom stereocenters. The Morgan fingerprint density at radius 2 is 2.29 bits per heavy atom. The molecule has 0 bridgehead atoms. The molecule has 6 nitrogen and oxygen atoms in total. The van der Waals surface area contributed by atoms with Crippen LogP contribution in [0.5, 0.6) is 0 Å². The fourth-order valence-electron chi connectivity index (χ4n) is 2.13. The van der Waals surface area contributed by atoms with Crippen molar-refractivity contribution in [1.29, 1.82) is 0 Å². The van der Waals surface area contributed by atoms with Crippen LogP contribution in [0.4, 0.5) is 0 Å². The largest absolute Gasteiger partial charge is 0.378 e. The number of rotatable bonds is 3. The molecule has 21 heavy (non-hydrogen) atoms. The molecule has 2 aromatic heterocycles. The van der Waals surface area contributed by atoms with Crippen LogP contribution in [0.15, 0.2) is 16.0 Å². The van der Waals surface area contributed by atoms with Crippen molar-refractivity contribution in [2.75, 3.05) is 32.1 Å². The molecule has 3 rings (SSSR count). The van der Waals surface area contributed by atoms with E-state index in [1.54, 1.807) is 4.90 Å². The quantitative estimate of drug-likeness (QED) is 0.679. The van der Waals surface area contributed by atoms with Crippen LogP contribution in [-0.2, 0) is 9.53 Å². The van der Waals surface area contributed by atoms with Gasteiger partial charge in [-0.3, -0.25) is 9.59 Å². The lowest BCUT2D eigenvalue weighted by Crippen LogP contribution is -2.41. The number of aromatic amines is 1. The Morgan fingerprint density at radius 1 is 1.52 bits per heavy atom. The first-order chi connectivity index (χ1) is 10.1. The van der Waals surface area contributed by atoms with Gasteiger partial charge in [-0.05, 0) is 13.0 Å². The second-order valence-corrected chi connectivity index (χ2v) is 6.93. The van der Waals surface area contributed by atoms with Crippen molar-refractivity contribution in [3.8, 4) is 0 Å². The molecule has 1 N–H and O–H groups in total. The molecule has 0 unspecified atom stereocenters. The summed E-state index contributed by atoms with van der Waals surface area (Å²) >= 11 is 2.75. The molecule has 2 aromatic rings. The van der Waals surface area contributed by atoms with Crippen LogP contribution >= 0.6 is 23.1 Å². The molecule has 1 aliphatic heterocycles. The summed E-state index contributed by atoms with van der Waals surface area (Å²) in [6, 6.07) is 1.83. The van der Waals surface area contributed by atoms with E-state index in [0.717, 1.165) is 9.71 Å². The van der Waals surface area contributed by atoms with Crippen molar-refractivity contribution >= 4 is 39.2 Å². The molecule has 0 radical (unpaired) electrons. The van der Waals surface area contributed by atoms with Gasteiger partial charge in [-0.2, -0.15) is 0 Å². The second-order valence-electron chi connectivity index (χ2n) is 4.73. The van der Waals surface area contributed by atoms with Crippen LogP contribution in [0.1, 0.15) is 4.88 Å². The van der Waals surface area contributed by atoms with Crippen LogP contribution in [0.3, 0.4) is 0 Å². The van der Waals surface area contributed by atoms with Gasteiger partial charge in [0.15, 0.2) is 5.16 Å². The van der Waals surface area contributed by atoms with Crippen molar-refractivity contribution in [3.05, 3.63) is 21.3 Å². The van der Waals surface area contributed by atoms with Gasteiger partial charge in [0.1, 0.15) is 4.83 Å². The first-order valence-corrected chi connectivity index (χ1v) is 8.42. The summed E-state index contributed by atoms with van der Waals surface area (Å²) in [4.78, 5) is 34.7. The first-order valence-electron chi connectivity index (χ1n) is 6.62. The van der Waals surface area contributed by atoms with E-state index in [2.05, 4.69) is 9.97 Å². The van der Waals surface area contributed by atoms with E-state index >= 15 is 0 Å². The average molecular weight is 325 g/mol. The summed E-state index contributed by atoms with van der Waals surface area (Å²) in [7, 11) is 0. The van der Waals surface area contributed by atoms with Gasteiger partial charge >= 0.3 is 0 Å². The Kier molecular flexibility index (Phi) is 4.27. The SMILES string of the molecule is Cc1cc2c(=O)[nH]c(SCC(=O)N3CCOCC3)nc2s1. The van der Waals surface area contributed by atoms with Crippen molar-refractivity contribution in [2.24, 2.45) is 0 Å². The van der Waals surface area contributed by atoms with Crippen LogP contribution in [-0.4, -0.2) is 52.8 Å². The number of carbonyl (C=O) groups excluding carboxylic acids is 1. The number of fused-ring (bicyclic) bond motifs is 1. The molecule has 1 aliphatic rings. The summed E-state index contributed by atoms with van der Waals surface area (Å²) in [6.45, 7) is 4.39. The monoisotopic (exact) mass is 325 g/mol. The lowest BCUT2D eigenvalue weighted by Gasteiger charge is -2.26. The predicted octanol–water partition coefficient (Wildman–Crippen LogP) is 1.24. The van der Waals surface area contributed by atoms with E-state index in [1.807, 2.05) is 13.0 Å². The fraction of sp³-hybridized carbons (Fsp3) is 0.462. The number of ether oxygens (including phenoxy) is 1. The normalized spacial score (nSPS) is 15.6. The summed E-state index contributed by atoms with van der Waals surface area (Å²) in [5.41, 5.74) is -0.148. The van der Waals surface area contributed by atoms with Gasteiger partial charge in [0.2, 0.25) is 5.91 Å². The smallest absolute Gasteiger partial charge is 0.260 e. The predicted molar refractivity (Wildman–Crippen MR) is 83.1 cm³/mol. The van der Waals surface area contributed by atoms with E-state index < -0.39 is 0 Å². The number of thioether (sulfide) groups is 1. The van der Waals surface area contributed by atoms with E-state index in [-0.39, 0.29) is 17.2 Å². The number of hydrogen-bond acceptors (Lipinski definition) is 6. The van der Waals surface area contributed by atoms with Gasteiger partial charge < -0.3 is 14.6 Å². The third-order valence-electron chi connectivity index (χ3n) is 3.20. The van der Waals surface area contributed by atoms with Crippen LogP contribution in [0, 0.1) is 6.92 Å². The maximum absolute atomic E-state index is 12.1. The van der Waals surface area contributed by atoms with Gasteiger partial charge in [-0.15, -0.1) is 11.3 Å². The number of H-pyrrole nitrogens is 1. The number of morpholine rings is 1. The van der Waals surface area contributed by atoms with Crippen LogP contribution in [0.25, 0.3) is 10.2 Å². The molecule has 0 aliphatic carbocycles. The first kappa shape index (κ1) is 14.6. The topological polar surface area (TPSA) is 75.3 Å². The molecular weight excluding hydrogens is 310 g/mol. The van der Waals surface area contributed by atoms with Crippen molar-refractivity contribution < 1.29 is 9.53 Å². The van der Waals surface area contributed by atoms with E-state index in [1.165, 1.54) is 23.1 Å². The van der Waals surface area contributed by atoms with Gasteiger partial charge in [-0.1, -0.05) is 11.8 Å². The fourth-order valence-corrected chi connectivity index (χ4v) is 3.84. The minimum atomic E-state index is -0.148. The van der Waals surface area contributed by atoms with Crippen LogP contribution < -0.4 is 5.56 Å². The van der Waals surface area contributed by atoms with Crippen molar-refractivity contribution in [1.82, 2.24) is 14.9 Å². The van der Waals surface area contributed by atoms with Gasteiger partial charge in [0, 0.05) is 18.0 Å². The maximum atomic E-state index is 12.1. The number of nitrogens with zero attached hydrogens (tertiary/aromatic N) is 2. The highest BCUT2D eigenvalue weighted by Crippen LogP contribution is 2.22. The maximum Gasteiger partial charge on any atom is 0.260 e. The Labute approximate surface area is 129 Å². The number of carbonyl (C=O) groups is 1. The molecule has 0 aromatic carbocycles. The van der Waals surface area contributed by atoms with Gasteiger partial charge in [0.25, 0.3) is 5.56 Å². The van der Waals surface area contributed by atoms with E-state index in [0.29, 0.717) is 36.8 Å². The number of hydrogen-bond donors (Lipinski definition) is 1. The summed E-state index contributed by atoms with van der Waals surface area (Å²) in [6.07, 6.45) is 0. The van der Waals surface area contributed by atoms with E-state index in [4.69, 9.17) is 4.74 Å². The Bertz CT molecular complexity index is 719. The summed E-state index contributed by atoms with van der Waals surface area (Å²) in [5, 5.41) is 1.11. The minimum absolute atomic E-state index is 0.0495. The number of aryl methyl sites for hydroxylation is 1. The molecule has 1 amide bonds. The zero-order valence-electron chi connectivity index (χ0n) is 11.5. The number of thiophene rings is 1. The molecule has 3 heterocycles. The van der Waals surface area contributed by atoms with E-state index in [9.17, 15) is 9.59 Å². The third kappa shape index (κ3) is 3.28. The molecule has 8 heteroatoms. The number of amides is 1. The highest BCUT2D eigenvalue weighted by molar-refractivity contribution is 7.99. The standard InChI is InChI=1S/C13H15N3O3S2/c1-8-6-9-11(18)14-13(15-12(9)21-8)20-7-10(17)16-2-4-19-5-3-16/h6H,2-5,7H2,1H3,(H,14,15,18). The third-order valence-corrected chi connectivity index (χ3v) is 5.00. The Hall–Kier alpha value is -1.38. The van der Waals surface area contributed by atoms with Crippen molar-refractivity contribution in [2.45, 2.75) is 12.1 Å². The Balaban J connectivity index is 1.70. The zero-order valence-corrected chi connectivity index (χ0v) is 13.2. The zero-order chi connectivity index (χ0) is 14.8. The van der Waals surface area contributed by atoms with Crippen molar-refractivity contribution in [3.63, 3.8) is 0 Å². The lowest BCUT2D eigenvalue weighted by molar-refractivity contribution is -0.132. The lowest BCUT2D eigenvalue weighted by atomic mass is 10.4. The number of aromatic nitrogens is 2. The van der Waals surface area contributed by atoms with Crippen LogP contribution in [0.2, 0.25) is 0 Å². The summed E-state index contributed by atoms with van der Waals surface area (Å²) < 4.78 is 5.22. The van der Waals surface area contributed by atoms with Gasteiger partial charge in [0.05, 0.1) is 24.4 Å². The molecule has 1 saturated heterocycles. The number of nitrogens with one attached hydrogen (secondary N) is 1. The second kappa shape index (κ2) is 6.17. The molecule has 0 spiro atoms. The summed E-state index contributed by atoms with van der Waals surface area (Å²) in [5.74, 6) is 0.326. The highest BCUT2D eigenvalue weighted by atomic mass is 32.2. The average Bonchev–Trinajstić information content (AvgIpc) is 2.87. The molecular formula is C13H15N3O3S2. The Morgan fingerprint density at radius 3 is 3.05 bits per heavy atom. The molecule has 0 saturated carbocycles. The highest BCUT2D eigenvalue weighted by Gasteiger charge is 2.17.